The first-order chi connectivity index (χ1) is 19.4. The third kappa shape index (κ3) is 8.62. The molecule has 0 fully saturated rings. The van der Waals surface area contributed by atoms with Crippen LogP contribution < -0.4 is 21.7 Å². The van der Waals surface area contributed by atoms with Gasteiger partial charge in [0.2, 0.25) is 17.7 Å². The predicted molar refractivity (Wildman–Crippen MR) is 140 cm³/mol. The van der Waals surface area contributed by atoms with E-state index < -0.39 is 72.6 Å². The Morgan fingerprint density at radius 1 is 0.805 bits per heavy atom. The number of nitrogens with two attached hydrogens (primary N) is 1. The van der Waals surface area contributed by atoms with Crippen molar-refractivity contribution < 1.29 is 44.1 Å². The lowest BCUT2D eigenvalue weighted by Crippen LogP contribution is -2.58. The summed E-state index contributed by atoms with van der Waals surface area (Å²) in [5.41, 5.74) is 7.30. The highest BCUT2D eigenvalue weighted by atomic mass is 16.4. The quantitative estimate of drug-likeness (QED) is 0.101. The van der Waals surface area contributed by atoms with Crippen LogP contribution in [0.5, 0.6) is 0 Å². The fourth-order valence-corrected chi connectivity index (χ4v) is 4.03. The van der Waals surface area contributed by atoms with Gasteiger partial charge in [-0.3, -0.25) is 24.0 Å². The van der Waals surface area contributed by atoms with Gasteiger partial charge in [0.25, 0.3) is 0 Å². The van der Waals surface area contributed by atoms with Crippen LogP contribution in [0.3, 0.4) is 0 Å². The Balaban J connectivity index is 1.77. The number of amides is 3. The van der Waals surface area contributed by atoms with Crippen molar-refractivity contribution in [2.24, 2.45) is 5.73 Å². The molecular weight excluding hydrogens is 542 g/mol. The number of hydrogen-bond acceptors (Lipinski definition) is 8. The number of benzene rings is 1. The van der Waals surface area contributed by atoms with Gasteiger partial charge in [0.1, 0.15) is 18.1 Å². The number of aliphatic carboxylic acids is 3. The smallest absolute Gasteiger partial charge is 0.326 e. The number of H-pyrrole nitrogens is 2. The van der Waals surface area contributed by atoms with Crippen LogP contribution in [0.2, 0.25) is 0 Å². The Morgan fingerprint density at radius 3 is 2.07 bits per heavy atom. The van der Waals surface area contributed by atoms with Gasteiger partial charge in [0, 0.05) is 41.8 Å². The third-order valence-electron chi connectivity index (χ3n) is 6.07. The predicted octanol–water partition coefficient (Wildman–Crippen LogP) is -1.51. The summed E-state index contributed by atoms with van der Waals surface area (Å²) >= 11 is 0. The number of aromatic amines is 2. The van der Waals surface area contributed by atoms with Crippen molar-refractivity contribution in [2.45, 2.75) is 49.9 Å². The molecule has 0 spiro atoms. The molecule has 0 saturated heterocycles. The van der Waals surface area contributed by atoms with Crippen molar-refractivity contribution in [1.29, 1.82) is 0 Å². The van der Waals surface area contributed by atoms with Crippen molar-refractivity contribution in [3.8, 4) is 0 Å². The number of nitrogens with zero attached hydrogens (tertiary/aromatic N) is 1. The first-order valence-electron chi connectivity index (χ1n) is 12.3. The highest BCUT2D eigenvalue weighted by Crippen LogP contribution is 2.19. The second-order valence-corrected chi connectivity index (χ2v) is 9.17. The van der Waals surface area contributed by atoms with Gasteiger partial charge in [-0.1, -0.05) is 18.2 Å². The van der Waals surface area contributed by atoms with E-state index in [4.69, 9.17) is 10.8 Å². The van der Waals surface area contributed by atoms with E-state index in [-0.39, 0.29) is 12.8 Å². The van der Waals surface area contributed by atoms with Crippen LogP contribution in [0.25, 0.3) is 10.9 Å². The maximum absolute atomic E-state index is 13.2. The van der Waals surface area contributed by atoms with E-state index in [0.717, 1.165) is 10.9 Å². The van der Waals surface area contributed by atoms with Gasteiger partial charge in [-0.2, -0.15) is 0 Å². The highest BCUT2D eigenvalue weighted by Gasteiger charge is 2.32. The van der Waals surface area contributed by atoms with E-state index in [1.165, 1.54) is 12.5 Å². The van der Waals surface area contributed by atoms with Crippen LogP contribution in [0, 0.1) is 0 Å². The largest absolute Gasteiger partial charge is 0.481 e. The fourth-order valence-electron chi connectivity index (χ4n) is 4.03. The average molecular weight is 572 g/mol. The molecule has 4 unspecified atom stereocenters. The van der Waals surface area contributed by atoms with Crippen LogP contribution in [-0.4, -0.2) is 90.1 Å². The van der Waals surface area contributed by atoms with Crippen molar-refractivity contribution in [2.75, 3.05) is 0 Å². The summed E-state index contributed by atoms with van der Waals surface area (Å²) in [6, 6.07) is 1.00. The van der Waals surface area contributed by atoms with Crippen LogP contribution >= 0.6 is 0 Å². The Bertz CT molecular complexity index is 1420. The number of fused-ring (bicyclic) bond motifs is 1. The summed E-state index contributed by atoms with van der Waals surface area (Å²) in [5.74, 6) is -7.26. The first-order valence-corrected chi connectivity index (χ1v) is 12.3. The SMILES string of the molecule is NC(CC(=O)O)C(=O)NC(Cc1cnc[nH]1)C(=O)NC(CC(=O)O)C(=O)NC(Cc1c[nH]c2ccccc12)C(=O)O. The molecule has 41 heavy (non-hydrogen) atoms. The van der Waals surface area contributed by atoms with Crippen molar-refractivity contribution in [3.63, 3.8) is 0 Å². The Hall–Kier alpha value is -5.25. The molecule has 0 aliphatic rings. The van der Waals surface area contributed by atoms with E-state index >= 15 is 0 Å². The topological polar surface area (TPSA) is 270 Å². The molecule has 16 heteroatoms. The molecule has 3 rings (SSSR count). The summed E-state index contributed by atoms with van der Waals surface area (Å²) in [5, 5.41) is 35.6. The number of carboxylic acids is 3. The number of carboxylic acid groups (broad SMARTS) is 3. The standard InChI is InChI=1S/C25H29N7O9/c26-15(7-20(33)34)22(37)30-17(6-13-10-27-11-29-13)23(38)31-18(8-21(35)36)24(39)32-19(25(40)41)5-12-9-28-16-4-2-1-3-14(12)16/h1-4,9-11,15,17-19,28H,5-8,26H2,(H,27,29)(H,30,37)(H,31,38)(H,32,39)(H,33,34)(H,35,36)(H,40,41). The summed E-state index contributed by atoms with van der Waals surface area (Å²) in [4.78, 5) is 82.6. The van der Waals surface area contributed by atoms with Gasteiger partial charge >= 0.3 is 17.9 Å². The third-order valence-corrected chi connectivity index (χ3v) is 6.07. The van der Waals surface area contributed by atoms with Gasteiger partial charge in [-0.05, 0) is 11.6 Å². The molecule has 2 heterocycles. The van der Waals surface area contributed by atoms with Gasteiger partial charge in [-0.15, -0.1) is 0 Å². The molecular formula is C25H29N7O9. The molecule has 0 aliphatic heterocycles. The molecule has 0 radical (unpaired) electrons. The minimum Gasteiger partial charge on any atom is -0.481 e. The minimum atomic E-state index is -1.72. The zero-order chi connectivity index (χ0) is 30.1. The molecule has 0 bridgehead atoms. The average Bonchev–Trinajstić information content (AvgIpc) is 3.56. The molecule has 0 saturated carbocycles. The molecule has 2 aromatic heterocycles. The molecule has 10 N–H and O–H groups in total. The number of para-hydroxylation sites is 1. The van der Waals surface area contributed by atoms with E-state index in [1.54, 1.807) is 30.5 Å². The van der Waals surface area contributed by atoms with Crippen LogP contribution in [-0.2, 0) is 41.6 Å². The highest BCUT2D eigenvalue weighted by molar-refractivity contribution is 5.96. The molecule has 1 aromatic carbocycles. The van der Waals surface area contributed by atoms with Gasteiger partial charge in [-0.25, -0.2) is 9.78 Å². The molecule has 4 atom stereocenters. The van der Waals surface area contributed by atoms with Crippen molar-refractivity contribution >= 4 is 46.5 Å². The van der Waals surface area contributed by atoms with Gasteiger partial charge in [0.05, 0.1) is 25.2 Å². The van der Waals surface area contributed by atoms with Crippen LogP contribution in [0.1, 0.15) is 24.1 Å². The summed E-state index contributed by atoms with van der Waals surface area (Å²) in [6.07, 6.45) is 2.30. The fraction of sp³-hybridized carbons (Fsp3) is 0.320. The lowest BCUT2D eigenvalue weighted by atomic mass is 10.0. The Kier molecular flexibility index (Phi) is 10.1. The number of aromatic nitrogens is 3. The van der Waals surface area contributed by atoms with Crippen molar-refractivity contribution in [3.05, 3.63) is 54.2 Å². The molecule has 3 amide bonds. The number of rotatable bonds is 15. The number of imidazole rings is 1. The minimum absolute atomic E-state index is 0.140. The lowest BCUT2D eigenvalue weighted by molar-refractivity contribution is -0.143. The van der Waals surface area contributed by atoms with E-state index in [2.05, 4.69) is 30.9 Å². The second kappa shape index (κ2) is 13.7. The second-order valence-electron chi connectivity index (χ2n) is 9.17. The summed E-state index contributed by atoms with van der Waals surface area (Å²) in [6.45, 7) is 0. The lowest BCUT2D eigenvalue weighted by Gasteiger charge is -2.24. The molecule has 16 nitrogen and oxygen atoms in total. The van der Waals surface area contributed by atoms with E-state index in [1.807, 2.05) is 0 Å². The number of carbonyl (C=O) groups excluding carboxylic acids is 3. The number of hydrogen-bond donors (Lipinski definition) is 9. The van der Waals surface area contributed by atoms with Crippen molar-refractivity contribution in [1.82, 2.24) is 30.9 Å². The first kappa shape index (κ1) is 30.3. The molecule has 218 valence electrons. The van der Waals surface area contributed by atoms with Crippen LogP contribution in [0.4, 0.5) is 0 Å². The van der Waals surface area contributed by atoms with Crippen LogP contribution in [0.15, 0.2) is 43.0 Å². The summed E-state index contributed by atoms with van der Waals surface area (Å²) < 4.78 is 0. The van der Waals surface area contributed by atoms with E-state index in [0.29, 0.717) is 11.3 Å². The zero-order valence-corrected chi connectivity index (χ0v) is 21.5. The number of nitrogens with one attached hydrogen (secondary N) is 5. The number of carbonyl (C=O) groups is 6. The monoisotopic (exact) mass is 571 g/mol. The zero-order valence-electron chi connectivity index (χ0n) is 21.5. The van der Waals surface area contributed by atoms with E-state index in [9.17, 15) is 39.0 Å². The maximum atomic E-state index is 13.2. The summed E-state index contributed by atoms with van der Waals surface area (Å²) in [7, 11) is 0. The molecule has 0 aliphatic carbocycles. The molecule has 3 aromatic rings. The van der Waals surface area contributed by atoms with Gasteiger partial charge < -0.3 is 47.0 Å². The van der Waals surface area contributed by atoms with Gasteiger partial charge in [0.15, 0.2) is 0 Å². The maximum Gasteiger partial charge on any atom is 0.326 e. The normalized spacial score (nSPS) is 13.9. The Labute approximate surface area is 231 Å². The Morgan fingerprint density at radius 2 is 1.44 bits per heavy atom.